The third-order valence-electron chi connectivity index (χ3n) is 1.12. The van der Waals surface area contributed by atoms with E-state index in [4.69, 9.17) is 23.2 Å². The summed E-state index contributed by atoms with van der Waals surface area (Å²) in [5.74, 6) is 7.48. The van der Waals surface area contributed by atoms with Gasteiger partial charge in [-0.05, 0) is 0 Å². The first-order valence-electron chi connectivity index (χ1n) is 4.15. The number of halogens is 2. The molecule has 0 unspecified atom stereocenters. The first kappa shape index (κ1) is 13.2. The van der Waals surface area contributed by atoms with Gasteiger partial charge in [0.05, 0.1) is 0 Å². The van der Waals surface area contributed by atoms with Gasteiger partial charge in [-0.25, -0.2) is 0 Å². The first-order valence-corrected chi connectivity index (χ1v) is 6.93. The van der Waals surface area contributed by atoms with Crippen LogP contribution in [-0.4, -0.2) is 26.7 Å². The van der Waals surface area contributed by atoms with Crippen LogP contribution in [0.4, 0.5) is 0 Å². The van der Waals surface area contributed by atoms with Crippen molar-refractivity contribution in [2.45, 2.75) is 25.7 Å². The van der Waals surface area contributed by atoms with Crippen LogP contribution in [0.3, 0.4) is 0 Å². The number of hydrogen-bond donors (Lipinski definition) is 0. The fourth-order valence-electron chi connectivity index (χ4n) is 0.510. The van der Waals surface area contributed by atoms with Gasteiger partial charge in [0.2, 0.25) is 0 Å². The van der Waals surface area contributed by atoms with Crippen molar-refractivity contribution in [2.24, 2.45) is 0 Å². The molecule has 0 atom stereocenters. The van der Waals surface area contributed by atoms with Crippen molar-refractivity contribution in [2.75, 3.05) is 11.8 Å². The Morgan fingerprint density at radius 1 is 0.846 bits per heavy atom. The van der Waals surface area contributed by atoms with Gasteiger partial charge >= 0.3 is 97.1 Å². The van der Waals surface area contributed by atoms with E-state index < -0.39 is 0 Å². The minimum atomic E-state index is 0.165. The molecule has 0 N–H and O–H groups in total. The van der Waals surface area contributed by atoms with Gasteiger partial charge in [0.1, 0.15) is 0 Å². The summed E-state index contributed by atoms with van der Waals surface area (Å²) in [6.07, 6.45) is 3.75. The molecular formula is C10H12Cl2Se. The predicted octanol–water partition coefficient (Wildman–Crippen LogP) is 2.65. The van der Waals surface area contributed by atoms with Gasteiger partial charge in [-0.2, -0.15) is 0 Å². The van der Waals surface area contributed by atoms with Crippen LogP contribution >= 0.6 is 23.2 Å². The average molecular weight is 282 g/mol. The molecule has 13 heavy (non-hydrogen) atoms. The van der Waals surface area contributed by atoms with E-state index in [1.807, 2.05) is 0 Å². The normalized spacial score (nSPS) is 8.15. The summed E-state index contributed by atoms with van der Waals surface area (Å²) >= 11 is 11.2. The SMILES string of the molecule is ClCCCC#C[Se]C#CCCCCl. The molecule has 0 rings (SSSR count). The maximum atomic E-state index is 5.50. The number of unbranched alkanes of at least 4 members (excludes halogenated alkanes) is 2. The van der Waals surface area contributed by atoms with E-state index in [9.17, 15) is 0 Å². The Kier molecular flexibility index (Phi) is 12.4. The van der Waals surface area contributed by atoms with Gasteiger partial charge in [0.25, 0.3) is 0 Å². The standard InChI is InChI=1S/C10H12Cl2Se/c11-7-3-1-5-9-13-10-6-2-4-8-12/h1-4,7-8H2. The van der Waals surface area contributed by atoms with Crippen LogP contribution in [0.5, 0.6) is 0 Å². The van der Waals surface area contributed by atoms with Gasteiger partial charge in [0.15, 0.2) is 0 Å². The molecule has 3 heteroatoms. The Bertz CT molecular complexity index is 193. The Morgan fingerprint density at radius 2 is 1.31 bits per heavy atom. The molecule has 0 nitrogen and oxygen atoms in total. The van der Waals surface area contributed by atoms with E-state index in [1.54, 1.807) is 0 Å². The minimum absolute atomic E-state index is 0.165. The summed E-state index contributed by atoms with van der Waals surface area (Å²) < 4.78 is 0. The predicted molar refractivity (Wildman–Crippen MR) is 61.2 cm³/mol. The maximum absolute atomic E-state index is 5.50. The van der Waals surface area contributed by atoms with E-state index in [-0.39, 0.29) is 15.0 Å². The zero-order chi connectivity index (χ0) is 9.78. The van der Waals surface area contributed by atoms with Crippen LogP contribution in [0, 0.1) is 21.5 Å². The molecule has 0 spiro atoms. The van der Waals surface area contributed by atoms with E-state index in [0.717, 1.165) is 25.7 Å². The summed E-state index contributed by atoms with van der Waals surface area (Å²) in [6, 6.07) is 0. The second-order valence-electron chi connectivity index (χ2n) is 2.24. The summed E-state index contributed by atoms with van der Waals surface area (Å²) in [5, 5.41) is 0. The monoisotopic (exact) mass is 282 g/mol. The van der Waals surface area contributed by atoms with E-state index in [0.29, 0.717) is 11.8 Å². The number of alkyl halides is 2. The summed E-state index contributed by atoms with van der Waals surface area (Å²) in [6.45, 7) is 0. The second-order valence-corrected chi connectivity index (χ2v) is 4.29. The Labute approximate surface area is 96.9 Å². The molecule has 0 aliphatic rings. The molecule has 0 aromatic carbocycles. The van der Waals surface area contributed by atoms with E-state index >= 15 is 0 Å². The fourth-order valence-corrected chi connectivity index (χ4v) is 1.62. The molecule has 0 aliphatic heterocycles. The molecule has 0 saturated heterocycles. The number of hydrogen-bond acceptors (Lipinski definition) is 0. The summed E-state index contributed by atoms with van der Waals surface area (Å²) in [5.41, 5.74) is 0. The van der Waals surface area contributed by atoms with Crippen LogP contribution in [0.1, 0.15) is 25.7 Å². The van der Waals surface area contributed by atoms with Crippen LogP contribution < -0.4 is 0 Å². The molecule has 0 heterocycles. The molecule has 0 aliphatic carbocycles. The molecule has 0 amide bonds. The molecular weight excluding hydrogens is 270 g/mol. The van der Waals surface area contributed by atoms with Gasteiger partial charge < -0.3 is 0 Å². The Morgan fingerprint density at radius 3 is 1.69 bits per heavy atom. The molecule has 0 saturated carbocycles. The first-order chi connectivity index (χ1) is 6.41. The van der Waals surface area contributed by atoms with Gasteiger partial charge in [0, 0.05) is 0 Å². The van der Waals surface area contributed by atoms with Crippen molar-refractivity contribution >= 4 is 38.2 Å². The van der Waals surface area contributed by atoms with Crippen molar-refractivity contribution in [1.82, 2.24) is 0 Å². The van der Waals surface area contributed by atoms with E-state index in [1.165, 1.54) is 0 Å². The average Bonchev–Trinajstić information content (AvgIpc) is 2.16. The Hall–Kier alpha value is 0.219. The van der Waals surface area contributed by atoms with Crippen molar-refractivity contribution in [1.29, 1.82) is 0 Å². The van der Waals surface area contributed by atoms with Crippen molar-refractivity contribution < 1.29 is 0 Å². The molecule has 0 aromatic heterocycles. The van der Waals surface area contributed by atoms with Crippen LogP contribution in [0.15, 0.2) is 0 Å². The van der Waals surface area contributed by atoms with Crippen LogP contribution in [-0.2, 0) is 0 Å². The zero-order valence-corrected chi connectivity index (χ0v) is 10.6. The van der Waals surface area contributed by atoms with Crippen molar-refractivity contribution in [3.05, 3.63) is 0 Å². The fraction of sp³-hybridized carbons (Fsp3) is 0.600. The third-order valence-corrected chi connectivity index (χ3v) is 2.69. The topological polar surface area (TPSA) is 0 Å². The van der Waals surface area contributed by atoms with Gasteiger partial charge in [-0.1, -0.05) is 0 Å². The zero-order valence-electron chi connectivity index (χ0n) is 7.41. The quantitative estimate of drug-likeness (QED) is 0.322. The van der Waals surface area contributed by atoms with Crippen molar-refractivity contribution in [3.8, 4) is 21.5 Å². The number of rotatable bonds is 4. The summed E-state index contributed by atoms with van der Waals surface area (Å²) in [7, 11) is 0. The summed E-state index contributed by atoms with van der Waals surface area (Å²) in [4.78, 5) is 6.09. The van der Waals surface area contributed by atoms with Crippen molar-refractivity contribution in [3.63, 3.8) is 0 Å². The molecule has 0 bridgehead atoms. The van der Waals surface area contributed by atoms with Gasteiger partial charge in [-0.15, -0.1) is 0 Å². The Balaban J connectivity index is 3.28. The molecule has 0 radical (unpaired) electrons. The molecule has 72 valence electrons. The van der Waals surface area contributed by atoms with E-state index in [2.05, 4.69) is 21.5 Å². The second kappa shape index (κ2) is 12.2. The van der Waals surface area contributed by atoms with Crippen LogP contribution in [0.2, 0.25) is 0 Å². The molecule has 0 fully saturated rings. The van der Waals surface area contributed by atoms with Gasteiger partial charge in [-0.3, -0.25) is 0 Å². The molecule has 0 aromatic rings. The third kappa shape index (κ3) is 12.2. The van der Waals surface area contributed by atoms with Crippen LogP contribution in [0.25, 0.3) is 0 Å².